The van der Waals surface area contributed by atoms with Crippen molar-refractivity contribution < 1.29 is 14.3 Å². The number of anilines is 2. The third kappa shape index (κ3) is 6.40. The molecule has 2 amide bonds. The van der Waals surface area contributed by atoms with Crippen LogP contribution in [-0.4, -0.2) is 24.2 Å². The Morgan fingerprint density at radius 1 is 0.968 bits per heavy atom. The quantitative estimate of drug-likeness (QED) is 0.390. The molecule has 0 spiro atoms. The van der Waals surface area contributed by atoms with Gasteiger partial charge in [-0.1, -0.05) is 35.3 Å². The highest BCUT2D eigenvalue weighted by Crippen LogP contribution is 2.29. The summed E-state index contributed by atoms with van der Waals surface area (Å²) in [5.74, 6) is 0.152. The van der Waals surface area contributed by atoms with E-state index in [1.54, 1.807) is 62.6 Å². The van der Waals surface area contributed by atoms with E-state index in [0.717, 1.165) is 4.90 Å². The predicted molar refractivity (Wildman–Crippen MR) is 128 cm³/mol. The lowest BCUT2D eigenvalue weighted by molar-refractivity contribution is -0.115. The maximum atomic E-state index is 12.6. The molecule has 8 heteroatoms. The number of nitrogens with one attached hydrogen (secondary N) is 2. The van der Waals surface area contributed by atoms with Crippen molar-refractivity contribution in [1.82, 2.24) is 0 Å². The first-order valence-corrected chi connectivity index (χ1v) is 11.0. The number of carbonyl (C=O) groups excluding carboxylic acids is 2. The van der Waals surface area contributed by atoms with Crippen LogP contribution in [0.1, 0.15) is 17.3 Å². The Kier molecular flexibility index (Phi) is 7.85. The molecule has 0 aliphatic carbocycles. The summed E-state index contributed by atoms with van der Waals surface area (Å²) in [5.41, 5.74) is 1.58. The lowest BCUT2D eigenvalue weighted by atomic mass is 10.2. The second kappa shape index (κ2) is 10.6. The Morgan fingerprint density at radius 2 is 1.74 bits per heavy atom. The Morgan fingerprint density at radius 3 is 2.52 bits per heavy atom. The zero-order chi connectivity index (χ0) is 22.4. The topological polar surface area (TPSA) is 67.4 Å². The summed E-state index contributed by atoms with van der Waals surface area (Å²) in [6.45, 7) is 1.79. The Hall–Kier alpha value is -2.67. The van der Waals surface area contributed by atoms with Crippen LogP contribution in [0.25, 0.3) is 0 Å². The molecule has 5 nitrogen and oxygen atoms in total. The van der Waals surface area contributed by atoms with Crippen LogP contribution in [0.2, 0.25) is 10.0 Å². The molecule has 0 saturated heterocycles. The smallest absolute Gasteiger partial charge is 0.255 e. The summed E-state index contributed by atoms with van der Waals surface area (Å²) in [5, 5.41) is 6.15. The monoisotopic (exact) mass is 474 g/mol. The SMILES string of the molecule is COc1cccc(C(=O)Nc2cccc(SC(C)C(=O)Nc3cc(Cl)ccc3Cl)c2)c1. The maximum absolute atomic E-state index is 12.6. The van der Waals surface area contributed by atoms with Gasteiger partial charge in [0.2, 0.25) is 5.91 Å². The van der Waals surface area contributed by atoms with E-state index >= 15 is 0 Å². The van der Waals surface area contributed by atoms with Gasteiger partial charge in [0, 0.05) is 21.2 Å². The van der Waals surface area contributed by atoms with E-state index in [1.165, 1.54) is 11.8 Å². The van der Waals surface area contributed by atoms with Crippen LogP contribution in [0.5, 0.6) is 5.75 Å². The maximum Gasteiger partial charge on any atom is 0.255 e. The first-order chi connectivity index (χ1) is 14.9. The molecular weight excluding hydrogens is 455 g/mol. The van der Waals surface area contributed by atoms with Gasteiger partial charge in [0.1, 0.15) is 5.75 Å². The van der Waals surface area contributed by atoms with E-state index in [-0.39, 0.29) is 11.8 Å². The fourth-order valence-corrected chi connectivity index (χ4v) is 3.96. The largest absolute Gasteiger partial charge is 0.497 e. The summed E-state index contributed by atoms with van der Waals surface area (Å²) in [7, 11) is 1.55. The van der Waals surface area contributed by atoms with Gasteiger partial charge in [0.25, 0.3) is 5.91 Å². The number of thioether (sulfide) groups is 1. The lowest BCUT2D eigenvalue weighted by Crippen LogP contribution is -2.22. The zero-order valence-electron chi connectivity index (χ0n) is 16.8. The number of rotatable bonds is 7. The van der Waals surface area contributed by atoms with Crippen molar-refractivity contribution in [2.75, 3.05) is 17.7 Å². The molecule has 1 unspecified atom stereocenters. The summed E-state index contributed by atoms with van der Waals surface area (Å²) >= 11 is 13.5. The van der Waals surface area contributed by atoms with Crippen molar-refractivity contribution in [3.8, 4) is 5.75 Å². The molecule has 31 heavy (non-hydrogen) atoms. The van der Waals surface area contributed by atoms with Crippen molar-refractivity contribution in [3.63, 3.8) is 0 Å². The minimum absolute atomic E-state index is 0.208. The van der Waals surface area contributed by atoms with Crippen molar-refractivity contribution in [3.05, 3.63) is 82.3 Å². The number of benzene rings is 3. The van der Waals surface area contributed by atoms with Crippen LogP contribution >= 0.6 is 35.0 Å². The highest BCUT2D eigenvalue weighted by Gasteiger charge is 2.16. The van der Waals surface area contributed by atoms with Crippen LogP contribution in [0.4, 0.5) is 11.4 Å². The average Bonchev–Trinajstić information content (AvgIpc) is 2.76. The summed E-state index contributed by atoms with van der Waals surface area (Å²) in [6.07, 6.45) is 0. The molecule has 160 valence electrons. The van der Waals surface area contributed by atoms with Crippen LogP contribution in [0, 0.1) is 0 Å². The molecule has 0 aliphatic rings. The van der Waals surface area contributed by atoms with Gasteiger partial charge in [-0.2, -0.15) is 0 Å². The third-order valence-electron chi connectivity index (χ3n) is 4.29. The number of carbonyl (C=O) groups is 2. The Balaban J connectivity index is 1.64. The van der Waals surface area contributed by atoms with Crippen LogP contribution in [0.15, 0.2) is 71.6 Å². The molecular formula is C23H20Cl2N2O3S. The zero-order valence-corrected chi connectivity index (χ0v) is 19.1. The highest BCUT2D eigenvalue weighted by molar-refractivity contribution is 8.00. The molecule has 3 aromatic carbocycles. The Labute approximate surface area is 195 Å². The van der Waals surface area contributed by atoms with E-state index in [4.69, 9.17) is 27.9 Å². The standard InChI is InChI=1S/C23H20Cl2N2O3S/c1-14(22(28)27-21-12-16(24)9-10-20(21)25)31-19-8-4-6-17(13-19)26-23(29)15-5-3-7-18(11-15)30-2/h3-14H,1-2H3,(H,26,29)(H,27,28). The normalized spacial score (nSPS) is 11.5. The minimum atomic E-state index is -0.403. The second-order valence-electron chi connectivity index (χ2n) is 6.59. The van der Waals surface area contributed by atoms with Crippen molar-refractivity contribution in [1.29, 1.82) is 0 Å². The molecule has 0 heterocycles. The molecule has 0 radical (unpaired) electrons. The highest BCUT2D eigenvalue weighted by atomic mass is 35.5. The number of hydrogen-bond acceptors (Lipinski definition) is 4. The van der Waals surface area contributed by atoms with E-state index in [0.29, 0.717) is 32.7 Å². The van der Waals surface area contributed by atoms with Gasteiger partial charge in [-0.3, -0.25) is 9.59 Å². The summed E-state index contributed by atoms with van der Waals surface area (Å²) in [6, 6.07) is 19.1. The van der Waals surface area contributed by atoms with E-state index in [9.17, 15) is 9.59 Å². The number of halogens is 2. The second-order valence-corrected chi connectivity index (χ2v) is 8.85. The fourth-order valence-electron chi connectivity index (χ4n) is 2.70. The molecule has 0 aliphatic heterocycles. The van der Waals surface area contributed by atoms with Gasteiger partial charge >= 0.3 is 0 Å². The first kappa shape index (κ1) is 23.0. The molecule has 2 N–H and O–H groups in total. The number of ether oxygens (including phenoxy) is 1. The molecule has 1 atom stereocenters. The summed E-state index contributed by atoms with van der Waals surface area (Å²) < 4.78 is 5.16. The lowest BCUT2D eigenvalue weighted by Gasteiger charge is -2.14. The minimum Gasteiger partial charge on any atom is -0.497 e. The van der Waals surface area contributed by atoms with Gasteiger partial charge in [-0.05, 0) is 61.5 Å². The molecule has 3 aromatic rings. The fraction of sp³-hybridized carbons (Fsp3) is 0.130. The van der Waals surface area contributed by atoms with Gasteiger partial charge in [0.15, 0.2) is 0 Å². The van der Waals surface area contributed by atoms with E-state index in [1.807, 2.05) is 18.2 Å². The molecule has 0 fully saturated rings. The van der Waals surface area contributed by atoms with Crippen LogP contribution < -0.4 is 15.4 Å². The molecule has 3 rings (SSSR count). The molecule has 0 bridgehead atoms. The molecule has 0 saturated carbocycles. The average molecular weight is 475 g/mol. The predicted octanol–water partition coefficient (Wildman–Crippen LogP) is 6.37. The van der Waals surface area contributed by atoms with Crippen molar-refractivity contribution >= 4 is 58.2 Å². The van der Waals surface area contributed by atoms with Gasteiger partial charge in [0.05, 0.1) is 23.1 Å². The van der Waals surface area contributed by atoms with Crippen molar-refractivity contribution in [2.24, 2.45) is 0 Å². The Bertz CT molecular complexity index is 1110. The number of methoxy groups -OCH3 is 1. The number of hydrogen-bond donors (Lipinski definition) is 2. The van der Waals surface area contributed by atoms with Gasteiger partial charge in [-0.25, -0.2) is 0 Å². The van der Waals surface area contributed by atoms with Crippen molar-refractivity contribution in [2.45, 2.75) is 17.1 Å². The number of amides is 2. The van der Waals surface area contributed by atoms with Crippen LogP contribution in [-0.2, 0) is 4.79 Å². The third-order valence-corrected chi connectivity index (χ3v) is 5.95. The summed E-state index contributed by atoms with van der Waals surface area (Å²) in [4.78, 5) is 25.9. The van der Waals surface area contributed by atoms with Crippen LogP contribution in [0.3, 0.4) is 0 Å². The van der Waals surface area contributed by atoms with E-state index in [2.05, 4.69) is 10.6 Å². The van der Waals surface area contributed by atoms with Gasteiger partial charge in [-0.15, -0.1) is 11.8 Å². The van der Waals surface area contributed by atoms with Gasteiger partial charge < -0.3 is 15.4 Å². The first-order valence-electron chi connectivity index (χ1n) is 9.34. The molecule has 0 aromatic heterocycles. The van der Waals surface area contributed by atoms with E-state index < -0.39 is 5.25 Å².